The summed E-state index contributed by atoms with van der Waals surface area (Å²) < 4.78 is 0. The Kier molecular flexibility index (Phi) is 20.3. The molecule has 0 unspecified atom stereocenters. The van der Waals surface area contributed by atoms with E-state index in [-0.39, 0.29) is 0 Å². The van der Waals surface area contributed by atoms with Gasteiger partial charge in [-0.05, 0) is 155 Å². The topological polar surface area (TPSA) is 158 Å². The average Bonchev–Trinajstić information content (AvgIpc) is 2.95. The first-order chi connectivity index (χ1) is 19.9. The molecule has 0 amide bonds. The van der Waals surface area contributed by atoms with Crippen molar-refractivity contribution in [2.75, 3.05) is 19.6 Å². The number of rotatable bonds is 7. The van der Waals surface area contributed by atoms with E-state index in [0.717, 1.165) is 110 Å². The summed E-state index contributed by atoms with van der Waals surface area (Å²) in [4.78, 5) is 43.3. The minimum atomic E-state index is 0.319. The number of Topliss-reactive ketones (excluding diaryl/α,β-unsaturated/α-hetero) is 4. The van der Waals surface area contributed by atoms with Crippen LogP contribution in [0.4, 0.5) is 0 Å². The number of nitrogens with two attached hydrogens (primary N) is 3. The molecule has 1 heterocycles. The molecular formula is C34H64N4O4. The van der Waals surface area contributed by atoms with Gasteiger partial charge < -0.3 is 32.1 Å². The molecule has 0 spiro atoms. The fourth-order valence-electron chi connectivity index (χ4n) is 6.62. The molecule has 0 atom stereocenters. The number of piperidine rings is 1. The fraction of sp³-hybridized carbons (Fsp3) is 0.882. The molecule has 4 rings (SSSR count). The van der Waals surface area contributed by atoms with Gasteiger partial charge in [0.1, 0.15) is 23.1 Å². The highest BCUT2D eigenvalue weighted by atomic mass is 16.1. The van der Waals surface area contributed by atoms with E-state index in [9.17, 15) is 19.2 Å². The van der Waals surface area contributed by atoms with Crippen LogP contribution in [0.1, 0.15) is 130 Å². The number of hydrogen-bond acceptors (Lipinski definition) is 8. The minimum Gasteiger partial charge on any atom is -0.330 e. The van der Waals surface area contributed by atoms with Gasteiger partial charge in [-0.3, -0.25) is 9.59 Å². The van der Waals surface area contributed by atoms with E-state index < -0.39 is 0 Å². The number of carbonyl (C=O) groups excluding carboxylic acids is 4. The lowest BCUT2D eigenvalue weighted by Crippen LogP contribution is -2.28. The third-order valence-corrected chi connectivity index (χ3v) is 9.60. The highest BCUT2D eigenvalue weighted by Gasteiger charge is 2.23. The zero-order chi connectivity index (χ0) is 31.5. The van der Waals surface area contributed by atoms with Gasteiger partial charge in [0.2, 0.25) is 0 Å². The number of hydrogen-bond donors (Lipinski definition) is 4. The van der Waals surface area contributed by atoms with E-state index in [1.54, 1.807) is 27.7 Å². The van der Waals surface area contributed by atoms with Crippen molar-refractivity contribution in [1.82, 2.24) is 5.32 Å². The second kappa shape index (κ2) is 22.1. The Morgan fingerprint density at radius 3 is 1.21 bits per heavy atom. The van der Waals surface area contributed by atoms with Crippen LogP contribution in [0.2, 0.25) is 0 Å². The molecule has 0 radical (unpaired) electrons. The maximum absolute atomic E-state index is 11.0. The molecule has 3 saturated carbocycles. The Labute approximate surface area is 256 Å². The maximum atomic E-state index is 11.0. The number of ketones is 4. The van der Waals surface area contributed by atoms with Crippen molar-refractivity contribution in [1.29, 1.82) is 0 Å². The summed E-state index contributed by atoms with van der Waals surface area (Å²) in [5.74, 6) is 4.01. The van der Waals surface area contributed by atoms with Crippen molar-refractivity contribution in [3.63, 3.8) is 0 Å². The van der Waals surface area contributed by atoms with Crippen LogP contribution >= 0.6 is 0 Å². The van der Waals surface area contributed by atoms with Crippen LogP contribution in [0.25, 0.3) is 0 Å². The Bertz CT molecular complexity index is 774. The largest absolute Gasteiger partial charge is 0.330 e. The lowest BCUT2D eigenvalue weighted by atomic mass is 9.80. The van der Waals surface area contributed by atoms with Gasteiger partial charge in [0.25, 0.3) is 0 Å². The smallest absolute Gasteiger partial charge is 0.132 e. The second-order valence-corrected chi connectivity index (χ2v) is 13.6. The number of nitrogens with one attached hydrogen (secondary N) is 1. The molecule has 244 valence electrons. The van der Waals surface area contributed by atoms with Crippen molar-refractivity contribution in [3.05, 3.63) is 0 Å². The third-order valence-electron chi connectivity index (χ3n) is 9.60. The summed E-state index contributed by atoms with van der Waals surface area (Å²) in [6, 6.07) is 0.758. The van der Waals surface area contributed by atoms with Crippen molar-refractivity contribution >= 4 is 23.1 Å². The lowest BCUT2D eigenvalue weighted by Gasteiger charge is -2.25. The zero-order valence-corrected chi connectivity index (χ0v) is 27.3. The Balaban J connectivity index is 0.000000280. The van der Waals surface area contributed by atoms with E-state index in [2.05, 4.69) is 5.32 Å². The molecule has 8 heteroatoms. The second-order valence-electron chi connectivity index (χ2n) is 13.6. The first-order valence-corrected chi connectivity index (χ1v) is 16.8. The van der Waals surface area contributed by atoms with Crippen molar-refractivity contribution in [2.24, 2.45) is 46.8 Å². The van der Waals surface area contributed by atoms with E-state index >= 15 is 0 Å². The van der Waals surface area contributed by atoms with Gasteiger partial charge in [-0.1, -0.05) is 0 Å². The molecule has 42 heavy (non-hydrogen) atoms. The third kappa shape index (κ3) is 18.2. The fourth-order valence-corrected chi connectivity index (χ4v) is 6.62. The van der Waals surface area contributed by atoms with Gasteiger partial charge in [0.15, 0.2) is 0 Å². The Hall–Kier alpha value is -1.48. The first kappa shape index (κ1) is 38.5. The van der Waals surface area contributed by atoms with Crippen LogP contribution in [-0.2, 0) is 19.2 Å². The van der Waals surface area contributed by atoms with E-state index in [1.807, 2.05) is 0 Å². The summed E-state index contributed by atoms with van der Waals surface area (Å²) in [5.41, 5.74) is 17.0. The van der Waals surface area contributed by atoms with Crippen LogP contribution in [0.15, 0.2) is 0 Å². The van der Waals surface area contributed by atoms with Gasteiger partial charge in [-0.2, -0.15) is 0 Å². The van der Waals surface area contributed by atoms with Gasteiger partial charge in [-0.15, -0.1) is 0 Å². The molecule has 0 aromatic heterocycles. The molecule has 4 aliphatic rings. The van der Waals surface area contributed by atoms with Crippen molar-refractivity contribution in [3.8, 4) is 0 Å². The van der Waals surface area contributed by atoms with E-state index in [4.69, 9.17) is 17.2 Å². The highest BCUT2D eigenvalue weighted by Crippen LogP contribution is 2.28. The van der Waals surface area contributed by atoms with E-state index in [1.165, 1.54) is 12.8 Å². The minimum absolute atomic E-state index is 0.319. The monoisotopic (exact) mass is 592 g/mol. The molecule has 0 aromatic rings. The molecule has 0 bridgehead atoms. The summed E-state index contributed by atoms with van der Waals surface area (Å²) in [6.07, 6.45) is 17.0. The predicted molar refractivity (Wildman–Crippen MR) is 172 cm³/mol. The molecule has 1 saturated heterocycles. The zero-order valence-electron chi connectivity index (χ0n) is 27.3. The maximum Gasteiger partial charge on any atom is 0.132 e. The summed E-state index contributed by atoms with van der Waals surface area (Å²) in [5, 5.41) is 3.28. The Morgan fingerprint density at radius 1 is 0.524 bits per heavy atom. The normalized spacial score (nSPS) is 29.7. The summed E-state index contributed by atoms with van der Waals surface area (Å²) in [7, 11) is 0. The highest BCUT2D eigenvalue weighted by molar-refractivity contribution is 5.78. The van der Waals surface area contributed by atoms with Crippen LogP contribution < -0.4 is 22.5 Å². The van der Waals surface area contributed by atoms with Gasteiger partial charge >= 0.3 is 0 Å². The van der Waals surface area contributed by atoms with Gasteiger partial charge in [-0.25, -0.2) is 0 Å². The van der Waals surface area contributed by atoms with Crippen molar-refractivity contribution < 1.29 is 19.2 Å². The standard InChI is InChI=1S/2C9H17NO.2C8H15NO/c1-7(11)9-4-2-8(6-10)3-5-9;1-7(11)6-8-2-4-9(10)5-3-8;1-7(10)6-8-2-4-9-5-3-8;1-6(10)7-2-4-8(9)5-3-7/h2*8-9H,2-6,10H2,1H3;8-9H,2-6H2,1H3;7-8H,2-5,9H2,1H3. The molecule has 7 N–H and O–H groups in total. The Morgan fingerprint density at radius 2 is 0.857 bits per heavy atom. The van der Waals surface area contributed by atoms with Crippen LogP contribution in [0, 0.1) is 29.6 Å². The van der Waals surface area contributed by atoms with Crippen molar-refractivity contribution in [2.45, 2.75) is 143 Å². The molecule has 3 aliphatic carbocycles. The van der Waals surface area contributed by atoms with E-state index in [0.29, 0.717) is 64.8 Å². The summed E-state index contributed by atoms with van der Waals surface area (Å²) in [6.45, 7) is 9.73. The molecule has 1 aliphatic heterocycles. The van der Waals surface area contributed by atoms with Gasteiger partial charge in [0, 0.05) is 36.8 Å². The lowest BCUT2D eigenvalue weighted by molar-refractivity contribution is -0.122. The van der Waals surface area contributed by atoms with Crippen LogP contribution in [-0.4, -0.2) is 54.9 Å². The quantitative estimate of drug-likeness (QED) is 0.325. The molecule has 0 aromatic carbocycles. The molecule has 4 fully saturated rings. The summed E-state index contributed by atoms with van der Waals surface area (Å²) >= 11 is 0. The number of carbonyl (C=O) groups is 4. The van der Waals surface area contributed by atoms with Crippen LogP contribution in [0.5, 0.6) is 0 Å². The predicted octanol–water partition coefficient (Wildman–Crippen LogP) is 4.88. The average molecular weight is 593 g/mol. The molecular weight excluding hydrogens is 528 g/mol. The SMILES string of the molecule is CC(=O)C1CCC(CN)CC1.CC(=O)C1CCC(N)CC1.CC(=O)CC1CCC(N)CC1.CC(=O)CC1CCNCC1. The van der Waals surface area contributed by atoms with Gasteiger partial charge in [0.05, 0.1) is 0 Å². The first-order valence-electron chi connectivity index (χ1n) is 16.8. The van der Waals surface area contributed by atoms with Crippen LogP contribution in [0.3, 0.4) is 0 Å². The molecule has 8 nitrogen and oxygen atoms in total.